The average Bonchev–Trinajstić information content (AvgIpc) is 2.39. The zero-order chi connectivity index (χ0) is 8.10. The van der Waals surface area contributed by atoms with Gasteiger partial charge < -0.3 is 4.74 Å². The van der Waals surface area contributed by atoms with Crippen LogP contribution in [0.15, 0.2) is 12.7 Å². The van der Waals surface area contributed by atoms with Crippen LogP contribution in [0.3, 0.4) is 0 Å². The van der Waals surface area contributed by atoms with E-state index in [1.54, 1.807) is 7.11 Å². The zero-order valence-electron chi connectivity index (χ0n) is 7.66. The second-order valence-electron chi connectivity index (χ2n) is 3.04. The molecule has 1 saturated heterocycles. The van der Waals surface area contributed by atoms with Crippen LogP contribution in [0.4, 0.5) is 0 Å². The molecule has 12 heavy (non-hydrogen) atoms. The normalized spacial score (nSPS) is 23.6. The van der Waals surface area contributed by atoms with Crippen LogP contribution in [0, 0.1) is 0 Å². The van der Waals surface area contributed by atoms with Crippen LogP contribution in [0.2, 0.25) is 0 Å². The van der Waals surface area contributed by atoms with Crippen molar-refractivity contribution in [2.24, 2.45) is 0 Å². The summed E-state index contributed by atoms with van der Waals surface area (Å²) in [5.74, 6) is 0. The lowest BCUT2D eigenvalue weighted by atomic mass is 10.2. The Morgan fingerprint density at radius 3 is 3.00 bits per heavy atom. The number of hydrogen-bond donors (Lipinski definition) is 0. The molecule has 0 amide bonds. The molecular formula is C9H18ClNO. The quantitative estimate of drug-likeness (QED) is 0.628. The van der Waals surface area contributed by atoms with Crippen molar-refractivity contribution in [2.45, 2.75) is 18.9 Å². The van der Waals surface area contributed by atoms with E-state index in [0.29, 0.717) is 6.04 Å². The van der Waals surface area contributed by atoms with Gasteiger partial charge in [-0.25, -0.2) is 0 Å². The summed E-state index contributed by atoms with van der Waals surface area (Å²) in [4.78, 5) is 2.43. The third kappa shape index (κ3) is 3.13. The van der Waals surface area contributed by atoms with Crippen molar-refractivity contribution < 1.29 is 4.74 Å². The summed E-state index contributed by atoms with van der Waals surface area (Å²) in [6, 6.07) is 0.637. The molecule has 3 heteroatoms. The van der Waals surface area contributed by atoms with Gasteiger partial charge in [-0.2, -0.15) is 0 Å². The van der Waals surface area contributed by atoms with E-state index >= 15 is 0 Å². The monoisotopic (exact) mass is 191 g/mol. The Kier molecular flexibility index (Phi) is 6.44. The molecule has 1 aliphatic heterocycles. The van der Waals surface area contributed by atoms with Crippen molar-refractivity contribution in [1.29, 1.82) is 0 Å². The minimum Gasteiger partial charge on any atom is -0.383 e. The standard InChI is InChI=1S/C9H17NO.ClH/c1-3-6-10-7-4-5-9(10)8-11-2;/h3,9H,1,4-8H2,2H3;1H. The second kappa shape index (κ2) is 6.46. The summed E-state index contributed by atoms with van der Waals surface area (Å²) < 4.78 is 5.13. The molecule has 1 fully saturated rings. The molecule has 0 radical (unpaired) electrons. The molecule has 0 aromatic heterocycles. The van der Waals surface area contributed by atoms with Gasteiger partial charge in [-0.1, -0.05) is 6.08 Å². The number of hydrogen-bond acceptors (Lipinski definition) is 2. The molecule has 1 aliphatic rings. The maximum absolute atomic E-state index is 5.13. The molecule has 0 bridgehead atoms. The van der Waals surface area contributed by atoms with E-state index < -0.39 is 0 Å². The molecule has 2 nitrogen and oxygen atoms in total. The van der Waals surface area contributed by atoms with Crippen LogP contribution >= 0.6 is 12.4 Å². The highest BCUT2D eigenvalue weighted by Gasteiger charge is 2.22. The summed E-state index contributed by atoms with van der Waals surface area (Å²) in [5, 5.41) is 0. The Labute approximate surface area is 81.0 Å². The predicted molar refractivity (Wildman–Crippen MR) is 53.9 cm³/mol. The molecule has 0 aromatic rings. The predicted octanol–water partition coefficient (Wildman–Crippen LogP) is 1.70. The molecule has 0 saturated carbocycles. The topological polar surface area (TPSA) is 12.5 Å². The molecule has 0 aliphatic carbocycles. The summed E-state index contributed by atoms with van der Waals surface area (Å²) in [6.45, 7) is 6.82. The highest BCUT2D eigenvalue weighted by molar-refractivity contribution is 5.85. The van der Waals surface area contributed by atoms with Gasteiger partial charge in [0, 0.05) is 19.7 Å². The molecule has 1 rings (SSSR count). The SMILES string of the molecule is C=CCN1CCCC1COC.Cl. The zero-order valence-corrected chi connectivity index (χ0v) is 8.48. The highest BCUT2D eigenvalue weighted by atomic mass is 35.5. The van der Waals surface area contributed by atoms with E-state index in [1.165, 1.54) is 19.4 Å². The minimum atomic E-state index is 0. The molecule has 72 valence electrons. The summed E-state index contributed by atoms with van der Waals surface area (Å²) in [7, 11) is 1.77. The number of rotatable bonds is 4. The first-order chi connectivity index (χ1) is 5.38. The molecule has 0 N–H and O–H groups in total. The van der Waals surface area contributed by atoms with Gasteiger partial charge in [0.05, 0.1) is 6.61 Å². The van der Waals surface area contributed by atoms with Crippen LogP contribution < -0.4 is 0 Å². The third-order valence-corrected chi connectivity index (χ3v) is 2.22. The van der Waals surface area contributed by atoms with Gasteiger partial charge in [-0.05, 0) is 19.4 Å². The van der Waals surface area contributed by atoms with Gasteiger partial charge in [0.25, 0.3) is 0 Å². The van der Waals surface area contributed by atoms with E-state index in [-0.39, 0.29) is 12.4 Å². The van der Waals surface area contributed by atoms with Crippen molar-refractivity contribution in [2.75, 3.05) is 26.8 Å². The van der Waals surface area contributed by atoms with Crippen LogP contribution in [0.1, 0.15) is 12.8 Å². The number of likely N-dealkylation sites (tertiary alicyclic amines) is 1. The van der Waals surface area contributed by atoms with Crippen molar-refractivity contribution in [3.8, 4) is 0 Å². The van der Waals surface area contributed by atoms with Gasteiger partial charge in [0.2, 0.25) is 0 Å². The Morgan fingerprint density at radius 1 is 1.67 bits per heavy atom. The summed E-state index contributed by atoms with van der Waals surface area (Å²) >= 11 is 0. The van der Waals surface area contributed by atoms with E-state index in [0.717, 1.165) is 13.2 Å². The van der Waals surface area contributed by atoms with Crippen molar-refractivity contribution in [1.82, 2.24) is 4.90 Å². The Bertz CT molecular complexity index is 130. The third-order valence-electron chi connectivity index (χ3n) is 2.22. The first kappa shape index (κ1) is 11.9. The number of nitrogens with zero attached hydrogens (tertiary/aromatic N) is 1. The number of methoxy groups -OCH3 is 1. The fourth-order valence-electron chi connectivity index (χ4n) is 1.68. The molecule has 0 spiro atoms. The van der Waals surface area contributed by atoms with Gasteiger partial charge in [-0.15, -0.1) is 19.0 Å². The first-order valence-electron chi connectivity index (χ1n) is 4.22. The molecule has 1 atom stereocenters. The van der Waals surface area contributed by atoms with E-state index in [2.05, 4.69) is 11.5 Å². The maximum atomic E-state index is 5.13. The lowest BCUT2D eigenvalue weighted by molar-refractivity contribution is 0.122. The van der Waals surface area contributed by atoms with Crippen molar-refractivity contribution in [3.05, 3.63) is 12.7 Å². The fraction of sp³-hybridized carbons (Fsp3) is 0.778. The molecule has 1 unspecified atom stereocenters. The maximum Gasteiger partial charge on any atom is 0.0618 e. The summed E-state index contributed by atoms with van der Waals surface area (Å²) in [5.41, 5.74) is 0. The number of ether oxygens (including phenoxy) is 1. The highest BCUT2D eigenvalue weighted by Crippen LogP contribution is 2.16. The van der Waals surface area contributed by atoms with Crippen molar-refractivity contribution >= 4 is 12.4 Å². The molecular weight excluding hydrogens is 174 g/mol. The van der Waals surface area contributed by atoms with Crippen LogP contribution in [0.25, 0.3) is 0 Å². The first-order valence-corrected chi connectivity index (χ1v) is 4.22. The molecule has 0 aromatic carbocycles. The Balaban J connectivity index is 0.00000121. The van der Waals surface area contributed by atoms with E-state index in [9.17, 15) is 0 Å². The van der Waals surface area contributed by atoms with Crippen LogP contribution in [-0.4, -0.2) is 37.7 Å². The van der Waals surface area contributed by atoms with Gasteiger partial charge in [0.15, 0.2) is 0 Å². The lowest BCUT2D eigenvalue weighted by Gasteiger charge is -2.21. The Morgan fingerprint density at radius 2 is 2.42 bits per heavy atom. The van der Waals surface area contributed by atoms with Gasteiger partial charge in [0.1, 0.15) is 0 Å². The van der Waals surface area contributed by atoms with Crippen LogP contribution in [0.5, 0.6) is 0 Å². The lowest BCUT2D eigenvalue weighted by Crippen LogP contribution is -2.32. The van der Waals surface area contributed by atoms with Crippen LogP contribution in [-0.2, 0) is 4.74 Å². The average molecular weight is 192 g/mol. The Hall–Kier alpha value is -0.0500. The van der Waals surface area contributed by atoms with Gasteiger partial charge in [-0.3, -0.25) is 4.90 Å². The number of halogens is 1. The minimum absolute atomic E-state index is 0. The second-order valence-corrected chi connectivity index (χ2v) is 3.04. The largest absolute Gasteiger partial charge is 0.383 e. The van der Waals surface area contributed by atoms with E-state index in [1.807, 2.05) is 6.08 Å². The smallest absolute Gasteiger partial charge is 0.0618 e. The van der Waals surface area contributed by atoms with Gasteiger partial charge >= 0.3 is 0 Å². The summed E-state index contributed by atoms with van der Waals surface area (Å²) in [6.07, 6.45) is 4.55. The van der Waals surface area contributed by atoms with E-state index in [4.69, 9.17) is 4.74 Å². The molecule has 1 heterocycles. The fourth-order valence-corrected chi connectivity index (χ4v) is 1.68. The van der Waals surface area contributed by atoms with Crippen molar-refractivity contribution in [3.63, 3.8) is 0 Å².